The van der Waals surface area contributed by atoms with Crippen LogP contribution in [0.15, 0.2) is 17.6 Å². The van der Waals surface area contributed by atoms with E-state index < -0.39 is 0 Å². The Balaban J connectivity index is 1.95. The number of nitrogens with two attached hydrogens (primary N) is 1. The molecule has 0 spiro atoms. The molecule has 1 aliphatic carbocycles. The molecule has 1 aromatic carbocycles. The Hall–Kier alpha value is -1.29. The van der Waals surface area contributed by atoms with Crippen molar-refractivity contribution in [2.75, 3.05) is 11.1 Å². The standard InChI is InChI=1S/C14H19N3S/c1-13(2)12(14(13,3)4)17-8-5-6-9-11(10(8)15)16-7-18-9/h5-7,12,17H,15H2,1-4H3. The van der Waals surface area contributed by atoms with Crippen LogP contribution < -0.4 is 11.1 Å². The summed E-state index contributed by atoms with van der Waals surface area (Å²) in [4.78, 5) is 4.33. The molecule has 0 aliphatic heterocycles. The molecule has 1 fully saturated rings. The van der Waals surface area contributed by atoms with Gasteiger partial charge in [0.05, 0.1) is 21.6 Å². The summed E-state index contributed by atoms with van der Waals surface area (Å²) in [7, 11) is 0. The molecular weight excluding hydrogens is 242 g/mol. The van der Waals surface area contributed by atoms with Gasteiger partial charge in [-0.3, -0.25) is 0 Å². The quantitative estimate of drug-likeness (QED) is 0.810. The first-order chi connectivity index (χ1) is 8.35. The lowest BCUT2D eigenvalue weighted by Gasteiger charge is -2.11. The first-order valence-corrected chi connectivity index (χ1v) is 7.12. The van der Waals surface area contributed by atoms with Gasteiger partial charge in [0.1, 0.15) is 5.52 Å². The molecule has 0 atom stereocenters. The van der Waals surface area contributed by atoms with Gasteiger partial charge in [0, 0.05) is 6.04 Å². The molecule has 0 bridgehead atoms. The largest absolute Gasteiger partial charge is 0.395 e. The summed E-state index contributed by atoms with van der Waals surface area (Å²) < 4.78 is 1.15. The average Bonchev–Trinajstić information content (AvgIpc) is 2.71. The number of rotatable bonds is 2. The van der Waals surface area contributed by atoms with Crippen LogP contribution in [-0.2, 0) is 0 Å². The van der Waals surface area contributed by atoms with Gasteiger partial charge < -0.3 is 11.1 Å². The van der Waals surface area contributed by atoms with E-state index in [1.165, 1.54) is 0 Å². The highest BCUT2D eigenvalue weighted by molar-refractivity contribution is 7.16. The van der Waals surface area contributed by atoms with Gasteiger partial charge in [-0.25, -0.2) is 4.98 Å². The topological polar surface area (TPSA) is 50.9 Å². The van der Waals surface area contributed by atoms with Gasteiger partial charge >= 0.3 is 0 Å². The van der Waals surface area contributed by atoms with Crippen molar-refractivity contribution < 1.29 is 0 Å². The fourth-order valence-corrected chi connectivity index (χ4v) is 3.48. The average molecular weight is 261 g/mol. The van der Waals surface area contributed by atoms with Crippen molar-refractivity contribution >= 4 is 32.9 Å². The van der Waals surface area contributed by atoms with Gasteiger partial charge in [-0.2, -0.15) is 0 Å². The molecule has 18 heavy (non-hydrogen) atoms. The van der Waals surface area contributed by atoms with Gasteiger partial charge in [0.25, 0.3) is 0 Å². The van der Waals surface area contributed by atoms with Crippen molar-refractivity contribution in [3.63, 3.8) is 0 Å². The lowest BCUT2D eigenvalue weighted by Crippen LogP contribution is -2.11. The highest BCUT2D eigenvalue weighted by atomic mass is 32.1. The van der Waals surface area contributed by atoms with Gasteiger partial charge in [0.2, 0.25) is 0 Å². The second-order valence-corrected chi connectivity index (χ2v) is 7.13. The van der Waals surface area contributed by atoms with Crippen LogP contribution in [0.4, 0.5) is 11.4 Å². The molecule has 0 radical (unpaired) electrons. The number of anilines is 2. The van der Waals surface area contributed by atoms with Crippen LogP contribution in [0.2, 0.25) is 0 Å². The molecule has 3 nitrogen and oxygen atoms in total. The summed E-state index contributed by atoms with van der Waals surface area (Å²) in [5.41, 5.74) is 11.3. The Morgan fingerprint density at radius 3 is 2.50 bits per heavy atom. The summed E-state index contributed by atoms with van der Waals surface area (Å²) in [5, 5.41) is 3.59. The number of nitrogens with one attached hydrogen (secondary N) is 1. The van der Waals surface area contributed by atoms with Crippen LogP contribution in [-0.4, -0.2) is 11.0 Å². The smallest absolute Gasteiger partial charge is 0.106 e. The molecule has 1 aliphatic rings. The van der Waals surface area contributed by atoms with Crippen molar-refractivity contribution in [3.05, 3.63) is 17.6 Å². The van der Waals surface area contributed by atoms with Crippen LogP contribution in [0.25, 0.3) is 10.2 Å². The number of fused-ring (bicyclic) bond motifs is 1. The second kappa shape index (κ2) is 3.38. The zero-order valence-corrected chi connectivity index (χ0v) is 12.1. The number of hydrogen-bond acceptors (Lipinski definition) is 4. The van der Waals surface area contributed by atoms with Crippen molar-refractivity contribution in [1.82, 2.24) is 4.98 Å². The fourth-order valence-electron chi connectivity index (χ4n) is 2.79. The molecule has 96 valence electrons. The van der Waals surface area contributed by atoms with Crippen molar-refractivity contribution in [3.8, 4) is 0 Å². The van der Waals surface area contributed by atoms with Crippen LogP contribution in [0.5, 0.6) is 0 Å². The Labute approximate surface area is 111 Å². The van der Waals surface area contributed by atoms with Gasteiger partial charge in [-0.05, 0) is 23.0 Å². The van der Waals surface area contributed by atoms with Gasteiger partial charge in [-0.15, -0.1) is 11.3 Å². The maximum absolute atomic E-state index is 6.20. The summed E-state index contributed by atoms with van der Waals surface area (Å²) in [6, 6.07) is 4.62. The van der Waals surface area contributed by atoms with Crippen LogP contribution >= 0.6 is 11.3 Å². The third kappa shape index (κ3) is 1.38. The Morgan fingerprint density at radius 1 is 1.22 bits per heavy atom. The van der Waals surface area contributed by atoms with E-state index in [1.54, 1.807) is 11.3 Å². The minimum absolute atomic E-state index is 0.302. The van der Waals surface area contributed by atoms with Gasteiger partial charge in [0.15, 0.2) is 0 Å². The lowest BCUT2D eigenvalue weighted by atomic mass is 10.0. The molecule has 3 rings (SSSR count). The summed E-state index contributed by atoms with van der Waals surface area (Å²) >= 11 is 1.63. The molecule has 0 unspecified atom stereocenters. The van der Waals surface area contributed by atoms with Crippen molar-refractivity contribution in [2.45, 2.75) is 33.7 Å². The Bertz CT molecular complexity index is 599. The normalized spacial score (nSPS) is 21.1. The zero-order valence-electron chi connectivity index (χ0n) is 11.2. The highest BCUT2D eigenvalue weighted by Crippen LogP contribution is 2.64. The third-order valence-electron chi connectivity index (χ3n) is 4.86. The van der Waals surface area contributed by atoms with E-state index in [0.717, 1.165) is 21.6 Å². The van der Waals surface area contributed by atoms with E-state index >= 15 is 0 Å². The number of nitrogens with zero attached hydrogens (tertiary/aromatic N) is 1. The first-order valence-electron chi connectivity index (χ1n) is 6.24. The molecule has 1 heterocycles. The maximum atomic E-state index is 6.20. The summed E-state index contributed by atoms with van der Waals surface area (Å²) in [5.74, 6) is 0. The van der Waals surface area contributed by atoms with E-state index in [9.17, 15) is 0 Å². The SMILES string of the molecule is CC1(C)C(Nc2ccc3scnc3c2N)C1(C)C. The van der Waals surface area contributed by atoms with E-state index in [4.69, 9.17) is 5.73 Å². The molecule has 0 saturated heterocycles. The third-order valence-corrected chi connectivity index (χ3v) is 5.66. The minimum atomic E-state index is 0.302. The molecule has 3 N–H and O–H groups in total. The predicted octanol–water partition coefficient (Wildman–Crippen LogP) is 3.73. The molecule has 1 saturated carbocycles. The molecule has 0 amide bonds. The lowest BCUT2D eigenvalue weighted by molar-refractivity contribution is 0.457. The molecule has 4 heteroatoms. The molecule has 1 aromatic heterocycles. The van der Waals surface area contributed by atoms with Crippen LogP contribution in [0.1, 0.15) is 27.7 Å². The van der Waals surface area contributed by atoms with Crippen LogP contribution in [0.3, 0.4) is 0 Å². The zero-order chi connectivity index (χ0) is 13.1. The minimum Gasteiger partial charge on any atom is -0.395 e. The van der Waals surface area contributed by atoms with Gasteiger partial charge in [-0.1, -0.05) is 27.7 Å². The number of aromatic nitrogens is 1. The predicted molar refractivity (Wildman–Crippen MR) is 79.0 cm³/mol. The molecule has 2 aromatic rings. The number of hydrogen-bond donors (Lipinski definition) is 2. The second-order valence-electron chi connectivity index (χ2n) is 6.25. The Kier molecular flexibility index (Phi) is 2.21. The summed E-state index contributed by atoms with van der Waals surface area (Å²) in [6.07, 6.45) is 0. The van der Waals surface area contributed by atoms with E-state index in [2.05, 4.69) is 50.1 Å². The number of thiazole rings is 1. The summed E-state index contributed by atoms with van der Waals surface area (Å²) in [6.45, 7) is 9.18. The first kappa shape index (κ1) is 11.8. The van der Waals surface area contributed by atoms with E-state index in [-0.39, 0.29) is 0 Å². The van der Waals surface area contributed by atoms with E-state index in [1.807, 2.05) is 5.51 Å². The fraction of sp³-hybridized carbons (Fsp3) is 0.500. The number of benzene rings is 1. The monoisotopic (exact) mass is 261 g/mol. The van der Waals surface area contributed by atoms with Crippen molar-refractivity contribution in [1.29, 1.82) is 0 Å². The highest BCUT2D eigenvalue weighted by Gasteiger charge is 2.65. The van der Waals surface area contributed by atoms with Crippen molar-refractivity contribution in [2.24, 2.45) is 10.8 Å². The van der Waals surface area contributed by atoms with E-state index in [0.29, 0.717) is 16.9 Å². The Morgan fingerprint density at radius 2 is 1.89 bits per heavy atom. The maximum Gasteiger partial charge on any atom is 0.106 e. The molecular formula is C14H19N3S. The number of nitrogen functional groups attached to an aromatic ring is 1. The van der Waals surface area contributed by atoms with Crippen LogP contribution in [0, 0.1) is 10.8 Å².